The molecule has 3 heterocycles. The highest BCUT2D eigenvalue weighted by atomic mass is 79.9. The largest absolute Gasteiger partial charge is 0.465 e. The van der Waals surface area contributed by atoms with Gasteiger partial charge in [-0.2, -0.15) is 0 Å². The Morgan fingerprint density at radius 1 is 1.04 bits per heavy atom. The van der Waals surface area contributed by atoms with Gasteiger partial charge in [-0.25, -0.2) is 4.79 Å². The van der Waals surface area contributed by atoms with E-state index in [2.05, 4.69) is 15.9 Å². The van der Waals surface area contributed by atoms with Crippen molar-refractivity contribution in [2.24, 2.45) is 0 Å². The van der Waals surface area contributed by atoms with Crippen LogP contribution in [0.3, 0.4) is 0 Å². The van der Waals surface area contributed by atoms with Gasteiger partial charge in [0.05, 0.1) is 11.6 Å². The fraction of sp³-hybridized carbons (Fsp3) is 0. The maximum Gasteiger partial charge on any atom is 0.336 e. The zero-order valence-electron chi connectivity index (χ0n) is 13.7. The third-order valence-corrected chi connectivity index (χ3v) is 4.11. The van der Waals surface area contributed by atoms with Gasteiger partial charge in [0.2, 0.25) is 16.9 Å². The average molecular weight is 427 g/mol. The smallest absolute Gasteiger partial charge is 0.336 e. The molecule has 0 saturated carbocycles. The lowest BCUT2D eigenvalue weighted by Gasteiger charge is -2.07. The fourth-order valence-corrected chi connectivity index (χ4v) is 2.79. The molecule has 0 aliphatic heterocycles. The number of carbonyl (C=O) groups is 1. The molecule has 4 aromatic rings. The molecule has 0 aliphatic rings. The molecule has 0 bridgehead atoms. The molecule has 1 aromatic carbocycles. The van der Waals surface area contributed by atoms with Gasteiger partial charge in [0.25, 0.3) is 0 Å². The Morgan fingerprint density at radius 3 is 2.63 bits per heavy atom. The summed E-state index contributed by atoms with van der Waals surface area (Å²) in [5, 5.41) is 0.296. The Kier molecular flexibility index (Phi) is 4.52. The summed E-state index contributed by atoms with van der Waals surface area (Å²) in [6, 6.07) is 13.3. The molecule has 0 fully saturated rings. The molecule has 3 aromatic heterocycles. The van der Waals surface area contributed by atoms with E-state index < -0.39 is 11.4 Å². The molecule has 6 nitrogen and oxygen atoms in total. The number of benzene rings is 1. The van der Waals surface area contributed by atoms with Gasteiger partial charge in [0, 0.05) is 6.08 Å². The van der Waals surface area contributed by atoms with Gasteiger partial charge < -0.3 is 18.0 Å². The third-order valence-electron chi connectivity index (χ3n) is 3.68. The quantitative estimate of drug-likeness (QED) is 0.336. The topological polar surface area (TPSA) is 82.8 Å². The van der Waals surface area contributed by atoms with E-state index in [0.29, 0.717) is 21.4 Å². The van der Waals surface area contributed by atoms with Crippen LogP contribution in [-0.4, -0.2) is 5.97 Å². The van der Waals surface area contributed by atoms with Crippen molar-refractivity contribution in [3.63, 3.8) is 0 Å². The SMILES string of the molecule is O=C(/C=C/c1ccco1)Oc1c(-c2ccc(Br)o2)oc2ccccc2c1=O. The Bertz CT molecular complexity index is 1200. The summed E-state index contributed by atoms with van der Waals surface area (Å²) in [6.45, 7) is 0. The molecule has 134 valence electrons. The number of para-hydroxylation sites is 1. The molecular formula is C20H11BrO6. The number of hydrogen-bond donors (Lipinski definition) is 0. The minimum atomic E-state index is -0.749. The predicted octanol–water partition coefficient (Wildman–Crippen LogP) is 5.03. The highest BCUT2D eigenvalue weighted by molar-refractivity contribution is 9.10. The summed E-state index contributed by atoms with van der Waals surface area (Å²) in [6.07, 6.45) is 4.08. The summed E-state index contributed by atoms with van der Waals surface area (Å²) in [7, 11) is 0. The van der Waals surface area contributed by atoms with Gasteiger partial charge in [0.1, 0.15) is 11.3 Å². The molecule has 0 atom stereocenters. The van der Waals surface area contributed by atoms with Gasteiger partial charge in [-0.15, -0.1) is 0 Å². The second kappa shape index (κ2) is 7.13. The minimum absolute atomic E-state index is 0.0316. The number of esters is 1. The van der Waals surface area contributed by atoms with E-state index in [0.717, 1.165) is 6.08 Å². The summed E-state index contributed by atoms with van der Waals surface area (Å²) < 4.78 is 22.1. The molecule has 0 saturated heterocycles. The summed E-state index contributed by atoms with van der Waals surface area (Å²) in [4.78, 5) is 25.1. The van der Waals surface area contributed by atoms with Crippen LogP contribution in [0.1, 0.15) is 5.76 Å². The van der Waals surface area contributed by atoms with E-state index in [1.54, 1.807) is 48.5 Å². The zero-order valence-corrected chi connectivity index (χ0v) is 15.3. The fourth-order valence-electron chi connectivity index (χ4n) is 2.49. The lowest BCUT2D eigenvalue weighted by molar-refractivity contribution is -0.129. The van der Waals surface area contributed by atoms with Crippen LogP contribution < -0.4 is 10.2 Å². The van der Waals surface area contributed by atoms with Gasteiger partial charge in [-0.05, 0) is 58.4 Å². The summed E-state index contributed by atoms with van der Waals surface area (Å²) in [5.41, 5.74) is -0.116. The van der Waals surface area contributed by atoms with E-state index in [-0.39, 0.29) is 17.3 Å². The van der Waals surface area contributed by atoms with E-state index in [4.69, 9.17) is 18.0 Å². The first-order valence-electron chi connectivity index (χ1n) is 7.87. The number of fused-ring (bicyclic) bond motifs is 1. The molecule has 0 radical (unpaired) electrons. The number of halogens is 1. The van der Waals surface area contributed by atoms with E-state index in [9.17, 15) is 9.59 Å². The standard InChI is InChI=1S/C20H11BrO6/c21-16-9-8-15(25-16)19-20(18(23)13-5-1-2-6-14(13)26-19)27-17(22)10-7-12-4-3-11-24-12/h1-11H/b10-7+. The van der Waals surface area contributed by atoms with Crippen LogP contribution in [0.15, 0.2) is 83.6 Å². The lowest BCUT2D eigenvalue weighted by Crippen LogP contribution is -2.14. The van der Waals surface area contributed by atoms with Crippen molar-refractivity contribution in [1.29, 1.82) is 0 Å². The van der Waals surface area contributed by atoms with E-state index >= 15 is 0 Å². The van der Waals surface area contributed by atoms with Crippen LogP contribution in [0, 0.1) is 0 Å². The number of furan rings is 2. The van der Waals surface area contributed by atoms with Crippen molar-refractivity contribution in [1.82, 2.24) is 0 Å². The van der Waals surface area contributed by atoms with Crippen molar-refractivity contribution >= 4 is 38.9 Å². The van der Waals surface area contributed by atoms with Gasteiger partial charge in [0.15, 0.2) is 10.4 Å². The average Bonchev–Trinajstić information content (AvgIpc) is 3.34. The maximum absolute atomic E-state index is 12.9. The van der Waals surface area contributed by atoms with Crippen molar-refractivity contribution in [2.75, 3.05) is 0 Å². The third kappa shape index (κ3) is 3.50. The van der Waals surface area contributed by atoms with Crippen LogP contribution in [0.4, 0.5) is 0 Å². The van der Waals surface area contributed by atoms with Crippen LogP contribution in [-0.2, 0) is 4.79 Å². The van der Waals surface area contributed by atoms with Crippen LogP contribution in [0.25, 0.3) is 28.6 Å². The lowest BCUT2D eigenvalue weighted by atomic mass is 10.2. The van der Waals surface area contributed by atoms with E-state index in [1.807, 2.05) is 0 Å². The Morgan fingerprint density at radius 2 is 1.89 bits per heavy atom. The molecule has 0 spiro atoms. The summed E-state index contributed by atoms with van der Waals surface area (Å²) in [5.74, 6) is -0.232. The van der Waals surface area contributed by atoms with Crippen LogP contribution >= 0.6 is 15.9 Å². The van der Waals surface area contributed by atoms with Crippen LogP contribution in [0.5, 0.6) is 5.75 Å². The minimum Gasteiger partial charge on any atom is -0.465 e. The predicted molar refractivity (Wildman–Crippen MR) is 101 cm³/mol. The van der Waals surface area contributed by atoms with Crippen molar-refractivity contribution < 1.29 is 22.8 Å². The number of carbonyl (C=O) groups excluding carboxylic acids is 1. The highest BCUT2D eigenvalue weighted by Crippen LogP contribution is 2.33. The van der Waals surface area contributed by atoms with Crippen molar-refractivity contribution in [3.05, 3.63) is 81.5 Å². The van der Waals surface area contributed by atoms with Gasteiger partial charge in [-0.3, -0.25) is 4.79 Å². The van der Waals surface area contributed by atoms with Gasteiger partial charge >= 0.3 is 5.97 Å². The Labute approximate surface area is 160 Å². The van der Waals surface area contributed by atoms with Crippen LogP contribution in [0.2, 0.25) is 0 Å². The second-order valence-electron chi connectivity index (χ2n) is 5.46. The first-order valence-corrected chi connectivity index (χ1v) is 8.66. The molecule has 0 N–H and O–H groups in total. The molecule has 4 rings (SSSR count). The van der Waals surface area contributed by atoms with Gasteiger partial charge in [-0.1, -0.05) is 12.1 Å². The molecule has 0 amide bonds. The zero-order chi connectivity index (χ0) is 18.8. The maximum atomic E-state index is 12.9. The molecular weight excluding hydrogens is 416 g/mol. The first kappa shape index (κ1) is 17.1. The van der Waals surface area contributed by atoms with E-state index in [1.165, 1.54) is 12.3 Å². The highest BCUT2D eigenvalue weighted by Gasteiger charge is 2.22. The monoisotopic (exact) mass is 426 g/mol. The number of rotatable bonds is 4. The summed E-state index contributed by atoms with van der Waals surface area (Å²) >= 11 is 3.20. The number of hydrogen-bond acceptors (Lipinski definition) is 6. The number of ether oxygens (including phenoxy) is 1. The molecule has 27 heavy (non-hydrogen) atoms. The first-order chi connectivity index (χ1) is 13.1. The normalized spacial score (nSPS) is 11.3. The van der Waals surface area contributed by atoms with Crippen molar-refractivity contribution in [3.8, 4) is 17.3 Å². The molecule has 0 aliphatic carbocycles. The molecule has 7 heteroatoms. The second-order valence-corrected chi connectivity index (χ2v) is 6.24. The Hall–Kier alpha value is -3.32. The van der Waals surface area contributed by atoms with Crippen molar-refractivity contribution in [2.45, 2.75) is 0 Å². The molecule has 0 unspecified atom stereocenters. The Balaban J connectivity index is 1.79.